The summed E-state index contributed by atoms with van der Waals surface area (Å²) < 4.78 is 37.5. The zero-order valence-corrected chi connectivity index (χ0v) is 11.5. The number of aromatic nitrogens is 2. The first-order valence-corrected chi connectivity index (χ1v) is 5.88. The number of amides is 2. The smallest absolute Gasteiger partial charge is 0.368 e. The summed E-state index contributed by atoms with van der Waals surface area (Å²) in [5.74, 6) is -0.0589. The number of hydrogen-bond acceptors (Lipinski definition) is 4. The van der Waals surface area contributed by atoms with Crippen LogP contribution in [0.15, 0.2) is 6.07 Å². The molecule has 0 aliphatic rings. The van der Waals surface area contributed by atoms with E-state index < -0.39 is 17.2 Å². The Kier molecular flexibility index (Phi) is 5.37. The molecule has 1 heterocycles. The molecule has 10 heteroatoms. The van der Waals surface area contributed by atoms with E-state index >= 15 is 0 Å². The first kappa shape index (κ1) is 16.3. The first-order chi connectivity index (χ1) is 9.20. The molecule has 1 rings (SSSR count). The van der Waals surface area contributed by atoms with E-state index in [9.17, 15) is 18.0 Å². The Bertz CT molecular complexity index is 480. The molecule has 1 aromatic rings. The molecule has 0 radical (unpaired) electrons. The zero-order valence-electron chi connectivity index (χ0n) is 10.8. The molecule has 2 N–H and O–H groups in total. The lowest BCUT2D eigenvalue weighted by atomic mass is 10.4. The number of nitrogens with one attached hydrogen (secondary N) is 2. The van der Waals surface area contributed by atoms with Crippen molar-refractivity contribution in [2.75, 3.05) is 32.5 Å². The highest BCUT2D eigenvalue weighted by atomic mass is 35.5. The average molecular weight is 312 g/mol. The Balaban J connectivity index is 2.56. The molecule has 0 aliphatic heterocycles. The van der Waals surface area contributed by atoms with Crippen LogP contribution in [0.5, 0.6) is 0 Å². The molecule has 0 bridgehead atoms. The molecule has 6 nitrogen and oxygen atoms in total. The van der Waals surface area contributed by atoms with Gasteiger partial charge in [0.1, 0.15) is 5.82 Å². The van der Waals surface area contributed by atoms with Gasteiger partial charge in [0.2, 0.25) is 5.28 Å². The summed E-state index contributed by atoms with van der Waals surface area (Å²) in [7, 11) is 3.14. The molecular formula is C10H13ClF3N5O. The Morgan fingerprint density at radius 2 is 2.00 bits per heavy atom. The number of rotatable bonds is 4. The van der Waals surface area contributed by atoms with Gasteiger partial charge in [-0.1, -0.05) is 0 Å². The van der Waals surface area contributed by atoms with Crippen LogP contribution in [0.4, 0.5) is 23.8 Å². The first-order valence-electron chi connectivity index (χ1n) is 5.51. The summed E-state index contributed by atoms with van der Waals surface area (Å²) in [5.41, 5.74) is -1.13. The van der Waals surface area contributed by atoms with Crippen LogP contribution in [-0.2, 0) is 6.18 Å². The number of urea groups is 1. The standard InChI is InChI=1S/C10H13ClF3N5O/c1-19(2)9(20)16-4-3-15-7-5-6(10(12,13)14)17-8(11)18-7/h5H,3-4H2,1-2H3,(H,16,20)(H,15,17,18). The van der Waals surface area contributed by atoms with Crippen molar-refractivity contribution in [2.24, 2.45) is 0 Å². The molecule has 0 aromatic carbocycles. The number of alkyl halides is 3. The van der Waals surface area contributed by atoms with Crippen LogP contribution in [0.25, 0.3) is 0 Å². The summed E-state index contributed by atoms with van der Waals surface area (Å²) in [6.45, 7) is 0.421. The Labute approximate surface area is 118 Å². The molecule has 0 fully saturated rings. The summed E-state index contributed by atoms with van der Waals surface area (Å²) in [5, 5.41) is 4.66. The van der Waals surface area contributed by atoms with E-state index in [1.807, 2.05) is 0 Å². The fourth-order valence-corrected chi connectivity index (χ4v) is 1.35. The molecule has 20 heavy (non-hydrogen) atoms. The second-order valence-electron chi connectivity index (χ2n) is 3.96. The van der Waals surface area contributed by atoms with Crippen LogP contribution in [0.1, 0.15) is 5.69 Å². The lowest BCUT2D eigenvalue weighted by molar-refractivity contribution is -0.141. The molecular weight excluding hydrogens is 299 g/mol. The van der Waals surface area contributed by atoms with Crippen molar-refractivity contribution < 1.29 is 18.0 Å². The van der Waals surface area contributed by atoms with Gasteiger partial charge in [-0.25, -0.2) is 14.8 Å². The maximum absolute atomic E-state index is 12.5. The van der Waals surface area contributed by atoms with Crippen LogP contribution < -0.4 is 10.6 Å². The van der Waals surface area contributed by atoms with Gasteiger partial charge in [0, 0.05) is 33.3 Å². The van der Waals surface area contributed by atoms with Gasteiger partial charge in [-0.3, -0.25) is 0 Å². The van der Waals surface area contributed by atoms with Crippen LogP contribution >= 0.6 is 11.6 Å². The minimum absolute atomic E-state index is 0.0589. The topological polar surface area (TPSA) is 70.2 Å². The predicted molar refractivity (Wildman–Crippen MR) is 67.6 cm³/mol. The van der Waals surface area contributed by atoms with Crippen molar-refractivity contribution in [3.05, 3.63) is 17.0 Å². The summed E-state index contributed by atoms with van der Waals surface area (Å²) >= 11 is 5.42. The van der Waals surface area contributed by atoms with Crippen LogP contribution in [-0.4, -0.2) is 48.1 Å². The third-order valence-electron chi connectivity index (χ3n) is 2.10. The van der Waals surface area contributed by atoms with E-state index in [0.717, 1.165) is 6.07 Å². The molecule has 0 saturated carbocycles. The number of hydrogen-bond donors (Lipinski definition) is 2. The van der Waals surface area contributed by atoms with E-state index in [1.165, 1.54) is 4.90 Å². The van der Waals surface area contributed by atoms with Gasteiger partial charge in [-0.05, 0) is 11.6 Å². The van der Waals surface area contributed by atoms with E-state index in [2.05, 4.69) is 20.6 Å². The van der Waals surface area contributed by atoms with Crippen LogP contribution in [0.3, 0.4) is 0 Å². The Morgan fingerprint density at radius 3 is 2.55 bits per heavy atom. The number of nitrogens with zero attached hydrogens (tertiary/aromatic N) is 3. The summed E-state index contributed by atoms with van der Waals surface area (Å²) in [6.07, 6.45) is -4.60. The molecule has 0 spiro atoms. The highest BCUT2D eigenvalue weighted by Crippen LogP contribution is 2.29. The number of halogens is 4. The van der Waals surface area contributed by atoms with Crippen molar-refractivity contribution in [2.45, 2.75) is 6.18 Å². The molecule has 0 unspecified atom stereocenters. The fourth-order valence-electron chi connectivity index (χ4n) is 1.17. The zero-order chi connectivity index (χ0) is 15.3. The monoisotopic (exact) mass is 311 g/mol. The molecule has 0 aliphatic carbocycles. The quantitative estimate of drug-likeness (QED) is 0.657. The second kappa shape index (κ2) is 6.60. The second-order valence-corrected chi connectivity index (χ2v) is 4.30. The van der Waals surface area contributed by atoms with Crippen molar-refractivity contribution >= 4 is 23.4 Å². The molecule has 0 saturated heterocycles. The van der Waals surface area contributed by atoms with Gasteiger partial charge in [-0.2, -0.15) is 13.2 Å². The normalized spacial score (nSPS) is 11.1. The predicted octanol–water partition coefficient (Wildman–Crippen LogP) is 1.83. The summed E-state index contributed by atoms with van der Waals surface area (Å²) in [6, 6.07) is 0.447. The maximum atomic E-state index is 12.5. The van der Waals surface area contributed by atoms with Crippen molar-refractivity contribution in [3.8, 4) is 0 Å². The number of carbonyl (C=O) groups excluding carboxylic acids is 1. The van der Waals surface area contributed by atoms with Gasteiger partial charge in [-0.15, -0.1) is 0 Å². The lowest BCUT2D eigenvalue weighted by Crippen LogP contribution is -2.37. The largest absolute Gasteiger partial charge is 0.433 e. The Hall–Kier alpha value is -1.77. The van der Waals surface area contributed by atoms with E-state index in [4.69, 9.17) is 11.6 Å². The number of anilines is 1. The van der Waals surface area contributed by atoms with Crippen molar-refractivity contribution in [1.29, 1.82) is 0 Å². The Morgan fingerprint density at radius 1 is 1.35 bits per heavy atom. The van der Waals surface area contributed by atoms with Crippen molar-refractivity contribution in [3.63, 3.8) is 0 Å². The minimum Gasteiger partial charge on any atom is -0.368 e. The van der Waals surface area contributed by atoms with Gasteiger partial charge in [0.15, 0.2) is 5.69 Å². The highest BCUT2D eigenvalue weighted by Gasteiger charge is 2.33. The SMILES string of the molecule is CN(C)C(=O)NCCNc1cc(C(F)(F)F)nc(Cl)n1. The molecule has 2 amide bonds. The van der Waals surface area contributed by atoms with Crippen LogP contribution in [0, 0.1) is 0 Å². The average Bonchev–Trinajstić information content (AvgIpc) is 2.32. The maximum Gasteiger partial charge on any atom is 0.433 e. The van der Waals surface area contributed by atoms with Gasteiger partial charge in [0.05, 0.1) is 0 Å². The van der Waals surface area contributed by atoms with E-state index in [-0.39, 0.29) is 24.9 Å². The molecule has 1 aromatic heterocycles. The fraction of sp³-hybridized carbons (Fsp3) is 0.500. The van der Waals surface area contributed by atoms with Gasteiger partial charge >= 0.3 is 12.2 Å². The summed E-state index contributed by atoms with van der Waals surface area (Å²) in [4.78, 5) is 19.2. The lowest BCUT2D eigenvalue weighted by Gasteiger charge is -2.13. The van der Waals surface area contributed by atoms with Gasteiger partial charge in [0.25, 0.3) is 0 Å². The third kappa shape index (κ3) is 5.08. The highest BCUT2D eigenvalue weighted by molar-refractivity contribution is 6.28. The molecule has 112 valence electrons. The van der Waals surface area contributed by atoms with Crippen molar-refractivity contribution in [1.82, 2.24) is 20.2 Å². The molecule has 0 atom stereocenters. The number of carbonyl (C=O) groups is 1. The van der Waals surface area contributed by atoms with Crippen LogP contribution in [0.2, 0.25) is 5.28 Å². The van der Waals surface area contributed by atoms with E-state index in [1.54, 1.807) is 14.1 Å². The third-order valence-corrected chi connectivity index (χ3v) is 2.27. The minimum atomic E-state index is -4.60. The van der Waals surface area contributed by atoms with Gasteiger partial charge < -0.3 is 15.5 Å². The van der Waals surface area contributed by atoms with E-state index in [0.29, 0.717) is 0 Å².